The molecule has 0 unspecified atom stereocenters. The van der Waals surface area contributed by atoms with Gasteiger partial charge in [0.15, 0.2) is 4.84 Å². The third-order valence-electron chi connectivity index (χ3n) is 4.15. The molecule has 0 saturated carbocycles. The molecule has 5 nitrogen and oxygen atoms in total. The van der Waals surface area contributed by atoms with Gasteiger partial charge in [0.05, 0.1) is 0 Å². The number of aromatic nitrogens is 1. The van der Waals surface area contributed by atoms with E-state index in [2.05, 4.69) is 9.98 Å². The fraction of sp³-hybridized carbons (Fsp3) is 0.368. The second-order valence-electron chi connectivity index (χ2n) is 6.34. The highest BCUT2D eigenvalue weighted by atomic mass is 35.5. The highest BCUT2D eigenvalue weighted by Gasteiger charge is 2.22. The van der Waals surface area contributed by atoms with E-state index in [1.54, 1.807) is 12.1 Å². The Morgan fingerprint density at radius 1 is 1.22 bits per heavy atom. The summed E-state index contributed by atoms with van der Waals surface area (Å²) >= 11 is 11.2. The van der Waals surface area contributed by atoms with Gasteiger partial charge in [-0.25, -0.2) is 9.37 Å². The van der Waals surface area contributed by atoms with Crippen LogP contribution in [0.3, 0.4) is 0 Å². The number of benzene rings is 1. The number of anilines is 1. The first-order valence-corrected chi connectivity index (χ1v) is 9.22. The van der Waals surface area contributed by atoms with Gasteiger partial charge in [0.1, 0.15) is 30.5 Å². The molecular formula is C19H23Cl2FN4O. The van der Waals surface area contributed by atoms with Crippen LogP contribution < -0.4 is 10.6 Å². The average molecular weight is 413 g/mol. The van der Waals surface area contributed by atoms with Crippen molar-refractivity contribution in [3.8, 4) is 11.1 Å². The summed E-state index contributed by atoms with van der Waals surface area (Å²) in [6, 6.07) is 10.0. The molecule has 0 saturated heterocycles. The van der Waals surface area contributed by atoms with Gasteiger partial charge in [0.2, 0.25) is 0 Å². The van der Waals surface area contributed by atoms with Crippen LogP contribution in [0.5, 0.6) is 0 Å². The van der Waals surface area contributed by atoms with E-state index in [1.807, 2.05) is 50.2 Å². The minimum Gasteiger partial charge on any atom is -0.386 e. The van der Waals surface area contributed by atoms with Gasteiger partial charge in [-0.15, -0.1) is 0 Å². The van der Waals surface area contributed by atoms with Crippen molar-refractivity contribution in [2.45, 2.75) is 23.9 Å². The molecule has 3 N–H and O–H groups in total. The second-order valence-corrected chi connectivity index (χ2v) is 7.44. The van der Waals surface area contributed by atoms with Crippen LogP contribution in [0, 0.1) is 6.92 Å². The highest BCUT2D eigenvalue weighted by Crippen LogP contribution is 2.27. The van der Waals surface area contributed by atoms with E-state index in [-0.39, 0.29) is 5.84 Å². The fourth-order valence-corrected chi connectivity index (χ4v) is 2.73. The Kier molecular flexibility index (Phi) is 7.41. The largest absolute Gasteiger partial charge is 0.386 e. The van der Waals surface area contributed by atoms with Crippen molar-refractivity contribution in [2.24, 2.45) is 10.7 Å². The Bertz CT molecular complexity index is 797. The zero-order valence-electron chi connectivity index (χ0n) is 15.4. The van der Waals surface area contributed by atoms with Crippen molar-refractivity contribution < 1.29 is 9.50 Å². The molecular weight excluding hydrogens is 390 g/mol. The van der Waals surface area contributed by atoms with Gasteiger partial charge in [-0.2, -0.15) is 0 Å². The monoisotopic (exact) mass is 412 g/mol. The standard InChI is InChI=1S/C19H23Cl2FN4O/c1-11-14(8-9-16(24-11)26(2)3)12-4-6-13(7-5-12)17(27)15(10-22)25-19(23)18(20)21/h4-9,15,17-18,27H,10H2,1-3H3,(H2,23,25)/t15-,17-/m1/s1. The molecule has 2 rings (SSSR count). The fourth-order valence-electron chi connectivity index (χ4n) is 2.62. The van der Waals surface area contributed by atoms with E-state index in [0.717, 1.165) is 22.6 Å². The molecule has 1 heterocycles. The van der Waals surface area contributed by atoms with Crippen LogP contribution >= 0.6 is 23.2 Å². The Labute approximate surface area is 168 Å². The van der Waals surface area contributed by atoms with Crippen LogP contribution in [0.4, 0.5) is 10.2 Å². The third kappa shape index (κ3) is 5.31. The number of nitrogens with two attached hydrogens (primary N) is 1. The number of amidine groups is 1. The van der Waals surface area contributed by atoms with Gasteiger partial charge < -0.3 is 15.7 Å². The number of hydrogen-bond acceptors (Lipinski definition) is 4. The maximum Gasteiger partial charge on any atom is 0.164 e. The quantitative estimate of drug-likeness (QED) is 0.413. The summed E-state index contributed by atoms with van der Waals surface area (Å²) in [7, 11) is 3.87. The Balaban J connectivity index is 2.25. The summed E-state index contributed by atoms with van der Waals surface area (Å²) in [6.45, 7) is 1.05. The lowest BCUT2D eigenvalue weighted by Crippen LogP contribution is -2.27. The van der Waals surface area contributed by atoms with Crippen LogP contribution in [0.1, 0.15) is 17.4 Å². The molecule has 1 aromatic heterocycles. The second kappa shape index (κ2) is 9.35. The first kappa shape index (κ1) is 21.4. The van der Waals surface area contributed by atoms with Crippen molar-refractivity contribution in [3.05, 3.63) is 47.7 Å². The average Bonchev–Trinajstić information content (AvgIpc) is 2.65. The molecule has 0 fully saturated rings. The van der Waals surface area contributed by atoms with Gasteiger partial charge in [-0.3, -0.25) is 4.99 Å². The number of alkyl halides is 3. The highest BCUT2D eigenvalue weighted by molar-refractivity contribution is 6.54. The van der Waals surface area contributed by atoms with E-state index in [9.17, 15) is 9.50 Å². The number of nitrogens with zero attached hydrogens (tertiary/aromatic N) is 3. The maximum atomic E-state index is 13.3. The predicted molar refractivity (Wildman–Crippen MR) is 111 cm³/mol. The van der Waals surface area contributed by atoms with E-state index < -0.39 is 23.7 Å². The molecule has 0 bridgehead atoms. The summed E-state index contributed by atoms with van der Waals surface area (Å²) in [6.07, 6.45) is -1.16. The SMILES string of the molecule is Cc1nc(N(C)C)ccc1-c1ccc([C@@H](O)[C@@H](CF)N=C(N)C(Cl)Cl)cc1. The lowest BCUT2D eigenvalue weighted by molar-refractivity contribution is 0.133. The van der Waals surface area contributed by atoms with Crippen molar-refractivity contribution in [1.29, 1.82) is 0 Å². The van der Waals surface area contributed by atoms with Crippen molar-refractivity contribution >= 4 is 34.9 Å². The lowest BCUT2D eigenvalue weighted by Gasteiger charge is -2.18. The summed E-state index contributed by atoms with van der Waals surface area (Å²) in [5.41, 5.74) is 8.90. The number of pyridine rings is 1. The van der Waals surface area contributed by atoms with Crippen molar-refractivity contribution in [1.82, 2.24) is 4.98 Å². The van der Waals surface area contributed by atoms with Gasteiger partial charge in [-0.1, -0.05) is 47.5 Å². The van der Waals surface area contributed by atoms with E-state index >= 15 is 0 Å². The van der Waals surface area contributed by atoms with Crippen LogP contribution in [-0.2, 0) is 0 Å². The Hall–Kier alpha value is -1.89. The van der Waals surface area contributed by atoms with Crippen molar-refractivity contribution in [3.63, 3.8) is 0 Å². The first-order chi connectivity index (χ1) is 12.7. The molecule has 27 heavy (non-hydrogen) atoms. The molecule has 0 amide bonds. The summed E-state index contributed by atoms with van der Waals surface area (Å²) in [5, 5.41) is 10.4. The molecule has 1 aromatic carbocycles. The zero-order chi connectivity index (χ0) is 20.1. The number of aryl methyl sites for hydroxylation is 1. The molecule has 0 radical (unpaired) electrons. The molecule has 0 aliphatic heterocycles. The number of rotatable bonds is 7. The van der Waals surface area contributed by atoms with Crippen LogP contribution in [0.2, 0.25) is 0 Å². The number of aliphatic hydroxyl groups excluding tert-OH is 1. The molecule has 146 valence electrons. The minimum atomic E-state index is -1.16. The van der Waals surface area contributed by atoms with E-state index in [0.29, 0.717) is 5.56 Å². The van der Waals surface area contributed by atoms with Gasteiger partial charge in [-0.05, 0) is 30.2 Å². The van der Waals surface area contributed by atoms with Crippen molar-refractivity contribution in [2.75, 3.05) is 25.7 Å². The van der Waals surface area contributed by atoms with Crippen LogP contribution in [0.15, 0.2) is 41.4 Å². The zero-order valence-corrected chi connectivity index (χ0v) is 16.9. The number of aliphatic imine (C=N–C) groups is 1. The lowest BCUT2D eigenvalue weighted by atomic mass is 9.98. The normalized spacial score (nSPS) is 14.3. The Morgan fingerprint density at radius 3 is 2.33 bits per heavy atom. The topological polar surface area (TPSA) is 74.7 Å². The molecule has 8 heteroatoms. The van der Waals surface area contributed by atoms with Gasteiger partial charge in [0, 0.05) is 25.4 Å². The number of hydrogen-bond donors (Lipinski definition) is 2. The van der Waals surface area contributed by atoms with Crippen LogP contribution in [-0.4, -0.2) is 47.6 Å². The van der Waals surface area contributed by atoms with Gasteiger partial charge >= 0.3 is 0 Å². The van der Waals surface area contributed by atoms with Crippen LogP contribution in [0.25, 0.3) is 11.1 Å². The predicted octanol–water partition coefficient (Wildman–Crippen LogP) is 3.66. The molecule has 2 aromatic rings. The summed E-state index contributed by atoms with van der Waals surface area (Å²) < 4.78 is 13.3. The summed E-state index contributed by atoms with van der Waals surface area (Å²) in [4.78, 5) is 9.34. The number of aliphatic hydroxyl groups is 1. The van der Waals surface area contributed by atoms with Gasteiger partial charge in [0.25, 0.3) is 0 Å². The molecule has 0 aliphatic rings. The Morgan fingerprint density at radius 2 is 1.85 bits per heavy atom. The third-order valence-corrected chi connectivity index (χ3v) is 4.60. The summed E-state index contributed by atoms with van der Waals surface area (Å²) in [5.74, 6) is 0.751. The number of halogens is 3. The van der Waals surface area contributed by atoms with E-state index in [4.69, 9.17) is 28.9 Å². The first-order valence-electron chi connectivity index (χ1n) is 8.35. The molecule has 2 atom stereocenters. The minimum absolute atomic E-state index is 0.126. The van der Waals surface area contributed by atoms with E-state index in [1.165, 1.54) is 0 Å². The molecule has 0 spiro atoms. The molecule has 0 aliphatic carbocycles. The smallest absolute Gasteiger partial charge is 0.164 e. The maximum absolute atomic E-state index is 13.3.